The van der Waals surface area contributed by atoms with Crippen LogP contribution < -0.4 is 24.0 Å². The molecule has 1 aromatic heterocycles. The fourth-order valence-corrected chi connectivity index (χ4v) is 3.34. The normalized spacial score (nSPS) is 12.4. The SMILES string of the molecule is C[N+](C)(C)CCC(C(=O)O)c1cccc2c(-c3ccccc3)c([N+](=O)[O-])oc12.[I-]. The van der Waals surface area contributed by atoms with Crippen LogP contribution in [0, 0.1) is 10.1 Å². The van der Waals surface area contributed by atoms with E-state index in [-0.39, 0.29) is 35.4 Å². The smallest absolute Gasteiger partial charge is 0.442 e. The second-order valence-electron chi connectivity index (χ2n) is 7.82. The number of hydrogen-bond acceptors (Lipinski definition) is 4. The van der Waals surface area contributed by atoms with Crippen LogP contribution in [0.3, 0.4) is 0 Å². The maximum Gasteiger partial charge on any atom is 0.442 e. The molecule has 1 heterocycles. The highest BCUT2D eigenvalue weighted by molar-refractivity contribution is 6.01. The van der Waals surface area contributed by atoms with Crippen molar-refractivity contribution in [1.82, 2.24) is 0 Å². The van der Waals surface area contributed by atoms with Gasteiger partial charge in [-0.15, -0.1) is 0 Å². The average Bonchev–Trinajstić information content (AvgIpc) is 3.02. The Labute approximate surface area is 185 Å². The van der Waals surface area contributed by atoms with Crippen LogP contribution in [0.1, 0.15) is 17.9 Å². The molecule has 8 heteroatoms. The van der Waals surface area contributed by atoms with Crippen molar-refractivity contribution in [2.75, 3.05) is 27.7 Å². The Morgan fingerprint density at radius 2 is 1.79 bits per heavy atom. The average molecular weight is 510 g/mol. The molecule has 0 fully saturated rings. The third-order valence-corrected chi connectivity index (χ3v) is 4.72. The number of quaternary nitrogens is 1. The lowest BCUT2D eigenvalue weighted by Crippen LogP contribution is -3.00. The minimum Gasteiger partial charge on any atom is -1.00 e. The summed E-state index contributed by atoms with van der Waals surface area (Å²) >= 11 is 0. The van der Waals surface area contributed by atoms with Gasteiger partial charge in [0.15, 0.2) is 0 Å². The van der Waals surface area contributed by atoms with Gasteiger partial charge >= 0.3 is 11.9 Å². The molecule has 29 heavy (non-hydrogen) atoms. The summed E-state index contributed by atoms with van der Waals surface area (Å²) in [6.07, 6.45) is 0.396. The Morgan fingerprint density at radius 1 is 1.14 bits per heavy atom. The highest BCUT2D eigenvalue weighted by atomic mass is 127. The number of rotatable bonds is 7. The molecule has 1 N–H and O–H groups in total. The van der Waals surface area contributed by atoms with Crippen molar-refractivity contribution in [3.63, 3.8) is 0 Å². The van der Waals surface area contributed by atoms with Crippen molar-refractivity contribution in [2.45, 2.75) is 12.3 Å². The molecule has 0 saturated heterocycles. The van der Waals surface area contributed by atoms with Gasteiger partial charge in [-0.3, -0.25) is 14.9 Å². The molecule has 0 spiro atoms. The lowest BCUT2D eigenvalue weighted by molar-refractivity contribution is -0.870. The molecule has 0 aliphatic carbocycles. The van der Waals surface area contributed by atoms with Crippen LogP contribution in [0.5, 0.6) is 0 Å². The lowest BCUT2D eigenvalue weighted by atomic mass is 9.92. The second-order valence-corrected chi connectivity index (χ2v) is 7.82. The van der Waals surface area contributed by atoms with Gasteiger partial charge in [0, 0.05) is 17.4 Å². The Balaban J connectivity index is 0.00000300. The Morgan fingerprint density at radius 3 is 2.34 bits per heavy atom. The zero-order valence-corrected chi connectivity index (χ0v) is 18.6. The third-order valence-electron chi connectivity index (χ3n) is 4.72. The van der Waals surface area contributed by atoms with E-state index in [1.807, 2.05) is 27.2 Å². The largest absolute Gasteiger partial charge is 1.00 e. The molecule has 0 aliphatic heterocycles. The fourth-order valence-electron chi connectivity index (χ4n) is 3.34. The van der Waals surface area contributed by atoms with Crippen molar-refractivity contribution in [3.8, 4) is 11.1 Å². The molecule has 0 bridgehead atoms. The highest BCUT2D eigenvalue weighted by Gasteiger charge is 2.31. The first kappa shape index (κ1) is 22.8. The van der Waals surface area contributed by atoms with Crippen LogP contribution in [0.25, 0.3) is 22.1 Å². The molecular weight excluding hydrogens is 487 g/mol. The van der Waals surface area contributed by atoms with Crippen molar-refractivity contribution in [3.05, 3.63) is 64.2 Å². The molecular formula is C21H23IN2O5. The van der Waals surface area contributed by atoms with E-state index in [4.69, 9.17) is 4.42 Å². The molecule has 2 aromatic carbocycles. The summed E-state index contributed by atoms with van der Waals surface area (Å²) < 4.78 is 6.26. The second kappa shape index (κ2) is 8.91. The summed E-state index contributed by atoms with van der Waals surface area (Å²) in [5.74, 6) is -2.15. The topological polar surface area (TPSA) is 93.6 Å². The van der Waals surface area contributed by atoms with Gasteiger partial charge in [-0.05, 0) is 5.56 Å². The molecule has 3 aromatic rings. The van der Waals surface area contributed by atoms with Gasteiger partial charge in [0.25, 0.3) is 0 Å². The fraction of sp³-hybridized carbons (Fsp3) is 0.286. The predicted octanol–water partition coefficient (Wildman–Crippen LogP) is 1.28. The van der Waals surface area contributed by atoms with Crippen LogP contribution in [-0.2, 0) is 4.79 Å². The molecule has 7 nitrogen and oxygen atoms in total. The quantitative estimate of drug-likeness (QED) is 0.224. The van der Waals surface area contributed by atoms with E-state index in [2.05, 4.69) is 0 Å². The number of benzene rings is 2. The zero-order valence-electron chi connectivity index (χ0n) is 16.5. The first-order valence-corrected chi connectivity index (χ1v) is 8.97. The molecule has 154 valence electrons. The van der Waals surface area contributed by atoms with Crippen LogP contribution in [0.4, 0.5) is 5.88 Å². The molecule has 1 atom stereocenters. The zero-order chi connectivity index (χ0) is 20.5. The van der Waals surface area contributed by atoms with Crippen LogP contribution in [0.2, 0.25) is 0 Å². The standard InChI is InChI=1S/C21H22N2O5.HI/c1-23(2,3)13-12-16(21(24)25)15-10-7-11-17-18(14-8-5-4-6-9-14)20(22(26)27)28-19(15)17;/h4-11,16H,12-13H2,1-3H3;1H. The van der Waals surface area contributed by atoms with Gasteiger partial charge in [0.2, 0.25) is 0 Å². The number of nitro groups is 1. The Bertz CT molecular complexity index is 1020. The van der Waals surface area contributed by atoms with Crippen LogP contribution >= 0.6 is 0 Å². The monoisotopic (exact) mass is 510 g/mol. The third kappa shape index (κ3) is 4.94. The van der Waals surface area contributed by atoms with E-state index in [0.717, 1.165) is 0 Å². The van der Waals surface area contributed by atoms with Gasteiger partial charge in [-0.25, -0.2) is 0 Å². The van der Waals surface area contributed by atoms with Gasteiger partial charge in [-0.1, -0.05) is 48.5 Å². The molecule has 3 rings (SSSR count). The molecule has 1 unspecified atom stereocenters. The number of halogens is 1. The van der Waals surface area contributed by atoms with E-state index < -0.39 is 16.8 Å². The summed E-state index contributed by atoms with van der Waals surface area (Å²) in [4.78, 5) is 23.0. The minimum atomic E-state index is -0.971. The number of furan rings is 1. The minimum absolute atomic E-state index is 0. The lowest BCUT2D eigenvalue weighted by Gasteiger charge is -2.25. The van der Waals surface area contributed by atoms with E-state index in [1.54, 1.807) is 42.5 Å². The van der Waals surface area contributed by atoms with Gasteiger partial charge in [0.1, 0.15) is 16.1 Å². The molecule has 0 aliphatic rings. The van der Waals surface area contributed by atoms with E-state index in [1.165, 1.54) is 0 Å². The molecule has 0 radical (unpaired) electrons. The molecule has 0 saturated carbocycles. The van der Waals surface area contributed by atoms with Crippen molar-refractivity contribution in [1.29, 1.82) is 0 Å². The highest BCUT2D eigenvalue weighted by Crippen LogP contribution is 2.42. The van der Waals surface area contributed by atoms with Gasteiger partial charge < -0.3 is 38.0 Å². The van der Waals surface area contributed by atoms with Gasteiger partial charge in [0.05, 0.1) is 33.6 Å². The van der Waals surface area contributed by atoms with E-state index >= 15 is 0 Å². The Hall–Kier alpha value is -2.46. The van der Waals surface area contributed by atoms with Crippen LogP contribution in [0.15, 0.2) is 52.9 Å². The van der Waals surface area contributed by atoms with Crippen molar-refractivity contribution < 1.29 is 47.7 Å². The number of carboxylic acids is 1. The number of fused-ring (bicyclic) bond motifs is 1. The Kier molecular flexibility index (Phi) is 7.02. The number of hydrogen-bond donors (Lipinski definition) is 1. The van der Waals surface area contributed by atoms with Crippen LogP contribution in [-0.4, -0.2) is 48.2 Å². The summed E-state index contributed by atoms with van der Waals surface area (Å²) in [6.45, 7) is 0.641. The first-order valence-electron chi connectivity index (χ1n) is 8.97. The van der Waals surface area contributed by atoms with Gasteiger partial charge in [-0.2, -0.15) is 0 Å². The number of carboxylic acid groups (broad SMARTS) is 1. The van der Waals surface area contributed by atoms with Crippen molar-refractivity contribution in [2.24, 2.45) is 0 Å². The number of nitrogens with zero attached hydrogens (tertiary/aromatic N) is 2. The number of para-hydroxylation sites is 1. The summed E-state index contributed by atoms with van der Waals surface area (Å²) in [5.41, 5.74) is 1.76. The predicted molar refractivity (Wildman–Crippen MR) is 106 cm³/mol. The first-order chi connectivity index (χ1) is 13.2. The summed E-state index contributed by atoms with van der Waals surface area (Å²) in [6, 6.07) is 14.1. The summed E-state index contributed by atoms with van der Waals surface area (Å²) in [5, 5.41) is 22.0. The molecule has 0 amide bonds. The number of carbonyl (C=O) groups is 1. The summed E-state index contributed by atoms with van der Waals surface area (Å²) in [7, 11) is 5.97. The maximum atomic E-state index is 12.0. The maximum absolute atomic E-state index is 12.0. The van der Waals surface area contributed by atoms with E-state index in [9.17, 15) is 20.0 Å². The van der Waals surface area contributed by atoms with E-state index in [0.29, 0.717) is 39.5 Å². The van der Waals surface area contributed by atoms with Crippen molar-refractivity contribution >= 4 is 22.8 Å². The number of aliphatic carboxylic acids is 1.